The molecule has 41 heavy (non-hydrogen) atoms. The second-order valence-corrected chi connectivity index (χ2v) is 11.1. The van der Waals surface area contributed by atoms with Gasteiger partial charge in [-0.05, 0) is 35.0 Å². The zero-order valence-corrected chi connectivity index (χ0v) is 24.4. The van der Waals surface area contributed by atoms with Crippen molar-refractivity contribution in [1.82, 2.24) is 0 Å². The predicted molar refractivity (Wildman–Crippen MR) is 152 cm³/mol. The third kappa shape index (κ3) is 4.88. The van der Waals surface area contributed by atoms with Gasteiger partial charge in [0, 0.05) is 0 Å². The molecule has 5 heterocycles. The minimum atomic E-state index is -0.803. The van der Waals surface area contributed by atoms with E-state index in [0.717, 1.165) is 11.3 Å². The first-order valence-electron chi connectivity index (χ1n) is 11.7. The van der Waals surface area contributed by atoms with Crippen LogP contribution in [-0.4, -0.2) is 52.3 Å². The summed E-state index contributed by atoms with van der Waals surface area (Å²) in [4.78, 5) is 53.7. The van der Waals surface area contributed by atoms with E-state index in [4.69, 9.17) is 27.8 Å². The van der Waals surface area contributed by atoms with Gasteiger partial charge in [0.15, 0.2) is 23.0 Å². The zero-order chi connectivity index (χ0) is 29.3. The minimum absolute atomic E-state index is 0.0646. The van der Waals surface area contributed by atoms with E-state index in [1.165, 1.54) is 51.1 Å². The largest absolute Gasteiger partial charge is 0.465 e. The Hall–Kier alpha value is -4.46. The number of rotatable bonds is 8. The Balaban J connectivity index is 1.74. The molecule has 0 saturated carbocycles. The summed E-state index contributed by atoms with van der Waals surface area (Å²) < 4.78 is 32.2. The van der Waals surface area contributed by atoms with Crippen LogP contribution >= 0.6 is 34.0 Å². The van der Waals surface area contributed by atoms with Crippen molar-refractivity contribution in [2.45, 2.75) is 0 Å². The summed E-state index contributed by atoms with van der Waals surface area (Å²) >= 11 is 3.73. The fourth-order valence-corrected chi connectivity index (χ4v) is 6.55. The van der Waals surface area contributed by atoms with E-state index in [1.54, 1.807) is 47.2 Å². The lowest BCUT2D eigenvalue weighted by atomic mass is 10.1. The number of thiophene rings is 3. The first-order valence-corrected chi connectivity index (χ1v) is 14.3. The second kappa shape index (κ2) is 11.6. The Morgan fingerprint density at radius 1 is 0.512 bits per heavy atom. The maximum absolute atomic E-state index is 13.0. The van der Waals surface area contributed by atoms with Crippen LogP contribution < -0.4 is 0 Å². The number of carbonyl (C=O) groups excluding carboxylic acids is 4. The van der Waals surface area contributed by atoms with Crippen molar-refractivity contribution in [3.63, 3.8) is 0 Å². The van der Waals surface area contributed by atoms with Gasteiger partial charge in [-0.3, -0.25) is 0 Å². The summed E-state index contributed by atoms with van der Waals surface area (Å²) in [6.45, 7) is 0. The molecule has 5 aromatic heterocycles. The predicted octanol–water partition coefficient (Wildman–Crippen LogP) is 6.87. The van der Waals surface area contributed by atoms with Crippen molar-refractivity contribution >= 4 is 57.9 Å². The quantitative estimate of drug-likeness (QED) is 0.135. The van der Waals surface area contributed by atoms with E-state index < -0.39 is 23.9 Å². The Morgan fingerprint density at radius 3 is 1.10 bits per heavy atom. The SMILES string of the molecule is COC(=O)c1c(-c2cccs2)oc(-c2ccc(-c3oc(-c4cccs4)c(C(=O)OC)c3C(=O)OC)s2)c1C(=O)OC. The zero-order valence-electron chi connectivity index (χ0n) is 21.9. The van der Waals surface area contributed by atoms with Crippen molar-refractivity contribution in [2.75, 3.05) is 28.4 Å². The molecule has 0 fully saturated rings. The molecule has 5 aromatic rings. The molecule has 0 atom stereocenters. The first kappa shape index (κ1) is 28.1. The molecular weight excluding hydrogens is 592 g/mol. The lowest BCUT2D eigenvalue weighted by Gasteiger charge is -2.03. The smallest absolute Gasteiger partial charge is 0.342 e. The maximum Gasteiger partial charge on any atom is 0.342 e. The topological polar surface area (TPSA) is 131 Å². The van der Waals surface area contributed by atoms with Crippen molar-refractivity contribution in [3.8, 4) is 42.5 Å². The van der Waals surface area contributed by atoms with Gasteiger partial charge in [-0.1, -0.05) is 12.1 Å². The fourth-order valence-electron chi connectivity index (χ4n) is 4.14. The molecule has 0 aliphatic rings. The van der Waals surface area contributed by atoms with Gasteiger partial charge >= 0.3 is 23.9 Å². The van der Waals surface area contributed by atoms with E-state index in [2.05, 4.69) is 0 Å². The number of carbonyl (C=O) groups is 4. The number of esters is 4. The van der Waals surface area contributed by atoms with Crippen molar-refractivity contribution in [2.24, 2.45) is 0 Å². The average molecular weight is 613 g/mol. The van der Waals surface area contributed by atoms with Gasteiger partial charge in [0.25, 0.3) is 0 Å². The molecule has 0 unspecified atom stereocenters. The van der Waals surface area contributed by atoms with Crippen LogP contribution in [0.4, 0.5) is 0 Å². The van der Waals surface area contributed by atoms with E-state index in [1.807, 2.05) is 0 Å². The Labute approximate surface area is 244 Å². The molecule has 210 valence electrons. The lowest BCUT2D eigenvalue weighted by molar-refractivity contribution is 0.0558. The molecule has 0 saturated heterocycles. The Kier molecular flexibility index (Phi) is 7.92. The Bertz CT molecular complexity index is 1620. The average Bonchev–Trinajstić information content (AvgIpc) is 3.82. The normalized spacial score (nSPS) is 10.8. The highest BCUT2D eigenvalue weighted by molar-refractivity contribution is 7.18. The van der Waals surface area contributed by atoms with E-state index in [0.29, 0.717) is 19.5 Å². The number of hydrogen-bond acceptors (Lipinski definition) is 13. The van der Waals surface area contributed by atoms with Crippen LogP contribution in [-0.2, 0) is 18.9 Å². The monoisotopic (exact) mass is 612 g/mol. The molecular formula is C28H20O10S3. The minimum Gasteiger partial charge on any atom is -0.465 e. The van der Waals surface area contributed by atoms with Crippen molar-refractivity contribution < 1.29 is 47.0 Å². The molecule has 0 radical (unpaired) electrons. The molecule has 13 heteroatoms. The molecule has 0 bridgehead atoms. The molecule has 0 aliphatic carbocycles. The van der Waals surface area contributed by atoms with Gasteiger partial charge in [-0.2, -0.15) is 0 Å². The van der Waals surface area contributed by atoms with Gasteiger partial charge in [-0.15, -0.1) is 34.0 Å². The number of furan rings is 2. The van der Waals surface area contributed by atoms with Gasteiger partial charge in [-0.25, -0.2) is 19.2 Å². The molecule has 0 spiro atoms. The van der Waals surface area contributed by atoms with Crippen molar-refractivity contribution in [3.05, 3.63) is 69.4 Å². The van der Waals surface area contributed by atoms with Crippen LogP contribution in [0, 0.1) is 0 Å². The highest BCUT2D eigenvalue weighted by Gasteiger charge is 2.36. The van der Waals surface area contributed by atoms with Crippen LogP contribution in [0.3, 0.4) is 0 Å². The van der Waals surface area contributed by atoms with Crippen LogP contribution in [0.2, 0.25) is 0 Å². The second-order valence-electron chi connectivity index (χ2n) is 8.11. The Morgan fingerprint density at radius 2 is 0.829 bits per heavy atom. The maximum atomic E-state index is 13.0. The highest BCUT2D eigenvalue weighted by atomic mass is 32.1. The number of methoxy groups -OCH3 is 4. The molecule has 0 aliphatic heterocycles. The summed E-state index contributed by atoms with van der Waals surface area (Å²) in [6.07, 6.45) is 0. The fraction of sp³-hybridized carbons (Fsp3) is 0.143. The summed E-state index contributed by atoms with van der Waals surface area (Å²) in [5.74, 6) is -2.72. The summed E-state index contributed by atoms with van der Waals surface area (Å²) in [7, 11) is 4.78. The van der Waals surface area contributed by atoms with E-state index in [9.17, 15) is 19.2 Å². The van der Waals surface area contributed by atoms with Gasteiger partial charge in [0.05, 0.1) is 47.9 Å². The van der Waals surface area contributed by atoms with Crippen molar-refractivity contribution in [1.29, 1.82) is 0 Å². The summed E-state index contributed by atoms with van der Waals surface area (Å²) in [5, 5.41) is 3.60. The van der Waals surface area contributed by atoms with Gasteiger partial charge in [0.1, 0.15) is 22.3 Å². The summed E-state index contributed by atoms with van der Waals surface area (Å²) in [5.41, 5.74) is -0.377. The van der Waals surface area contributed by atoms with Gasteiger partial charge < -0.3 is 27.8 Å². The lowest BCUT2D eigenvalue weighted by Crippen LogP contribution is -2.11. The first-order chi connectivity index (χ1) is 19.8. The summed E-state index contributed by atoms with van der Waals surface area (Å²) in [6, 6.07) is 10.3. The number of ether oxygens (including phenoxy) is 4. The highest BCUT2D eigenvalue weighted by Crippen LogP contribution is 2.46. The van der Waals surface area contributed by atoms with Crippen LogP contribution in [0.5, 0.6) is 0 Å². The van der Waals surface area contributed by atoms with E-state index in [-0.39, 0.29) is 45.3 Å². The number of hydrogen-bond donors (Lipinski definition) is 0. The third-order valence-electron chi connectivity index (χ3n) is 5.92. The molecule has 5 rings (SSSR count). The van der Waals surface area contributed by atoms with Gasteiger partial charge in [0.2, 0.25) is 0 Å². The molecule has 0 amide bonds. The molecule has 10 nitrogen and oxygen atoms in total. The van der Waals surface area contributed by atoms with Crippen LogP contribution in [0.25, 0.3) is 42.5 Å². The standard InChI is InChI=1S/C28H20O10S3/c1-33-25(29)17-19(27(31)35-3)23(37-21(17)13-7-5-11-39-13)15-9-10-16(41-15)24-20(28(32)36-4)18(26(30)34-2)22(38-24)14-8-6-12-40-14/h5-12H,1-4H3. The van der Waals surface area contributed by atoms with Crippen LogP contribution in [0.15, 0.2) is 56.0 Å². The van der Waals surface area contributed by atoms with E-state index >= 15 is 0 Å². The molecule has 0 N–H and O–H groups in total. The van der Waals surface area contributed by atoms with Crippen LogP contribution in [0.1, 0.15) is 41.4 Å². The molecule has 0 aromatic carbocycles. The third-order valence-corrected chi connectivity index (χ3v) is 8.74.